The third kappa shape index (κ3) is 5.80. The average Bonchev–Trinajstić information content (AvgIpc) is 3.44. The Morgan fingerprint density at radius 3 is 2.43 bits per heavy atom. The lowest BCUT2D eigenvalue weighted by Crippen LogP contribution is -2.36. The number of pyridine rings is 2. The zero-order valence-corrected chi connectivity index (χ0v) is 24.4. The van der Waals surface area contributed by atoms with Gasteiger partial charge in [0.1, 0.15) is 17.0 Å². The predicted molar refractivity (Wildman–Crippen MR) is 174 cm³/mol. The lowest BCUT2D eigenvalue weighted by atomic mass is 10.1. The number of fused-ring (bicyclic) bond motifs is 1. The van der Waals surface area contributed by atoms with E-state index in [1.54, 1.807) is 13.1 Å². The normalized spacial score (nSPS) is 11.3. The molecule has 0 atom stereocenters. The summed E-state index contributed by atoms with van der Waals surface area (Å²) in [6, 6.07) is 26.1. The molecule has 0 radical (unpaired) electrons. The van der Waals surface area contributed by atoms with Crippen molar-refractivity contribution in [1.29, 1.82) is 0 Å². The van der Waals surface area contributed by atoms with Crippen molar-refractivity contribution in [2.75, 3.05) is 30.7 Å². The lowest BCUT2D eigenvalue weighted by Gasteiger charge is -2.13. The van der Waals surface area contributed by atoms with Crippen LogP contribution >= 0.6 is 0 Å². The number of ether oxygens (including phenoxy) is 1. The van der Waals surface area contributed by atoms with E-state index in [9.17, 15) is 9.59 Å². The summed E-state index contributed by atoms with van der Waals surface area (Å²) in [6.45, 7) is 4.27. The van der Waals surface area contributed by atoms with Crippen molar-refractivity contribution >= 4 is 22.7 Å². The van der Waals surface area contributed by atoms with Crippen LogP contribution in [-0.2, 0) is 6.54 Å². The highest BCUT2D eigenvalue weighted by Gasteiger charge is 2.22. The van der Waals surface area contributed by atoms with Crippen LogP contribution in [-0.4, -0.2) is 39.2 Å². The van der Waals surface area contributed by atoms with Crippen LogP contribution in [0.1, 0.15) is 25.3 Å². The maximum absolute atomic E-state index is 11.7. The molecule has 0 unspecified atom stereocenters. The molecule has 0 spiro atoms. The van der Waals surface area contributed by atoms with Gasteiger partial charge in [-0.15, -0.1) is 0 Å². The molecule has 6 rings (SSSR count). The van der Waals surface area contributed by atoms with Gasteiger partial charge in [-0.2, -0.15) is 0 Å². The quantitative estimate of drug-likeness (QED) is 0.130. The van der Waals surface area contributed by atoms with Crippen molar-refractivity contribution in [3.05, 3.63) is 111 Å². The summed E-state index contributed by atoms with van der Waals surface area (Å²) in [6.07, 6.45) is 3.43. The average molecular weight is 588 g/mol. The van der Waals surface area contributed by atoms with Crippen LogP contribution in [0, 0.1) is 0 Å². The summed E-state index contributed by atoms with van der Waals surface area (Å²) in [5.74, 6) is 1.24. The molecule has 44 heavy (non-hydrogen) atoms. The van der Waals surface area contributed by atoms with Crippen molar-refractivity contribution in [3.8, 4) is 34.1 Å². The Hall–Kier alpha value is -5.35. The van der Waals surface area contributed by atoms with Gasteiger partial charge in [0.25, 0.3) is 10.9 Å². The summed E-state index contributed by atoms with van der Waals surface area (Å²) >= 11 is 0. The topological polar surface area (TPSA) is 137 Å². The fourth-order valence-corrected chi connectivity index (χ4v) is 5.16. The van der Waals surface area contributed by atoms with E-state index in [1.807, 2.05) is 59.2 Å². The first-order chi connectivity index (χ1) is 21.5. The molecule has 10 nitrogen and oxygen atoms in total. The van der Waals surface area contributed by atoms with E-state index in [-0.39, 0.29) is 5.75 Å². The second kappa shape index (κ2) is 12.9. The molecule has 0 aliphatic rings. The van der Waals surface area contributed by atoms with E-state index in [1.165, 1.54) is 0 Å². The highest BCUT2D eigenvalue weighted by atomic mass is 16.5. The lowest BCUT2D eigenvalue weighted by molar-refractivity contribution is 0.334. The number of benzene rings is 2. The van der Waals surface area contributed by atoms with Crippen molar-refractivity contribution in [2.45, 2.75) is 26.3 Å². The van der Waals surface area contributed by atoms with Gasteiger partial charge in [-0.1, -0.05) is 42.5 Å². The van der Waals surface area contributed by atoms with Gasteiger partial charge in [0.2, 0.25) is 0 Å². The Morgan fingerprint density at radius 2 is 1.66 bits per heavy atom. The highest BCUT2D eigenvalue weighted by Crippen LogP contribution is 2.31. The molecule has 0 aliphatic carbocycles. The monoisotopic (exact) mass is 587 g/mol. The molecule has 10 heteroatoms. The zero-order valence-electron chi connectivity index (χ0n) is 24.4. The van der Waals surface area contributed by atoms with Crippen LogP contribution in [0.3, 0.4) is 0 Å². The molecule has 3 heterocycles. The summed E-state index contributed by atoms with van der Waals surface area (Å²) in [5, 5.41) is 6.51. The van der Waals surface area contributed by atoms with Gasteiger partial charge in [0, 0.05) is 30.5 Å². The molecule has 0 aliphatic heterocycles. The number of nitrogens with two attached hydrogens (primary N) is 1. The largest absolute Gasteiger partial charge is 0.488 e. The molecule has 0 saturated heterocycles. The highest BCUT2D eigenvalue weighted by molar-refractivity contribution is 5.84. The fourth-order valence-electron chi connectivity index (χ4n) is 5.16. The molecule has 6 aromatic rings. The Labute approximate surface area is 254 Å². The fraction of sp³-hybridized carbons (Fsp3) is 0.206. The van der Waals surface area contributed by atoms with Crippen molar-refractivity contribution in [3.63, 3.8) is 0 Å². The van der Waals surface area contributed by atoms with Gasteiger partial charge in [-0.05, 0) is 68.3 Å². The number of imidazole rings is 1. The van der Waals surface area contributed by atoms with Gasteiger partial charge in [-0.25, -0.2) is 15.0 Å². The second-order valence-electron chi connectivity index (χ2n) is 10.4. The number of nitrogens with zero attached hydrogens (tertiary/aromatic N) is 4. The van der Waals surface area contributed by atoms with Gasteiger partial charge in [0.05, 0.1) is 17.9 Å². The van der Waals surface area contributed by atoms with Crippen LogP contribution in [0.2, 0.25) is 0 Å². The Kier molecular flexibility index (Phi) is 8.42. The molecule has 222 valence electrons. The van der Waals surface area contributed by atoms with Crippen LogP contribution in [0.5, 0.6) is 5.75 Å². The van der Waals surface area contributed by atoms with E-state index in [0.29, 0.717) is 37.0 Å². The molecule has 3 aromatic heterocycles. The van der Waals surface area contributed by atoms with Crippen LogP contribution in [0.25, 0.3) is 39.5 Å². The third-order valence-corrected chi connectivity index (χ3v) is 7.41. The predicted octanol–water partition coefficient (Wildman–Crippen LogP) is 4.71. The standard InChI is InChI=1S/C34H33N7O3/c1-2-44-31-28(29(42)30(31)43)37-19-7-6-18-36-21-22-12-14-24(15-13-22)41-33(25-11-8-20-38-32(25)35)40-27-17-16-26(39-34(27)41)23-9-4-3-5-10-23/h3-5,8-17,20,36-37H,2,6-7,18-19,21H2,1H3,(H2,35,38). The van der Waals surface area contributed by atoms with E-state index >= 15 is 0 Å². The first-order valence-electron chi connectivity index (χ1n) is 14.7. The molecule has 0 fully saturated rings. The molecular weight excluding hydrogens is 554 g/mol. The minimum Gasteiger partial charge on any atom is -0.488 e. The van der Waals surface area contributed by atoms with Crippen LogP contribution in [0.15, 0.2) is 94.6 Å². The first kappa shape index (κ1) is 28.8. The number of aromatic nitrogens is 4. The molecule has 4 N–H and O–H groups in total. The number of anilines is 2. The Morgan fingerprint density at radius 1 is 0.864 bits per heavy atom. The third-order valence-electron chi connectivity index (χ3n) is 7.41. The number of hydrogen-bond acceptors (Lipinski definition) is 9. The van der Waals surface area contributed by atoms with Crippen LogP contribution in [0.4, 0.5) is 11.5 Å². The number of nitrogen functional groups attached to an aromatic ring is 1. The number of nitrogens with one attached hydrogen (secondary N) is 2. The van der Waals surface area contributed by atoms with Crippen molar-refractivity contribution in [2.24, 2.45) is 0 Å². The van der Waals surface area contributed by atoms with E-state index in [0.717, 1.165) is 58.6 Å². The molecule has 0 bridgehead atoms. The Balaban J connectivity index is 1.14. The van der Waals surface area contributed by atoms with Gasteiger partial charge in [0.15, 0.2) is 17.2 Å². The SMILES string of the molecule is CCOc1c(NCCCCNCc2ccc(-n3c(-c4cccnc4N)nc4ccc(-c5ccccc5)nc43)cc2)c(=O)c1=O. The van der Waals surface area contributed by atoms with Crippen LogP contribution < -0.4 is 32.0 Å². The number of unbranched alkanes of at least 4 members (excludes halogenated alkanes) is 1. The number of hydrogen-bond donors (Lipinski definition) is 3. The van der Waals surface area contributed by atoms with Gasteiger partial charge >= 0.3 is 0 Å². The molecular formula is C34H33N7O3. The zero-order chi connectivity index (χ0) is 30.5. The second-order valence-corrected chi connectivity index (χ2v) is 10.4. The van der Waals surface area contributed by atoms with Crippen molar-refractivity contribution in [1.82, 2.24) is 24.8 Å². The minimum absolute atomic E-state index is 0.159. The maximum atomic E-state index is 11.7. The summed E-state index contributed by atoms with van der Waals surface area (Å²) < 4.78 is 7.28. The molecule has 0 saturated carbocycles. The van der Waals surface area contributed by atoms with E-state index in [2.05, 4.69) is 39.9 Å². The van der Waals surface area contributed by atoms with Gasteiger partial charge < -0.3 is 21.1 Å². The maximum Gasteiger partial charge on any atom is 0.272 e. The van der Waals surface area contributed by atoms with Crippen molar-refractivity contribution < 1.29 is 4.74 Å². The summed E-state index contributed by atoms with van der Waals surface area (Å²) in [7, 11) is 0. The first-order valence-corrected chi connectivity index (χ1v) is 14.7. The number of rotatable bonds is 13. The summed E-state index contributed by atoms with van der Waals surface area (Å²) in [4.78, 5) is 37.5. The smallest absolute Gasteiger partial charge is 0.272 e. The van der Waals surface area contributed by atoms with E-state index in [4.69, 9.17) is 20.4 Å². The Bertz CT molecular complexity index is 1960. The minimum atomic E-state index is -0.547. The molecule has 3 aromatic carbocycles. The van der Waals surface area contributed by atoms with E-state index < -0.39 is 10.9 Å². The molecule has 0 amide bonds. The van der Waals surface area contributed by atoms with Gasteiger partial charge in [-0.3, -0.25) is 14.2 Å². The summed E-state index contributed by atoms with van der Waals surface area (Å²) in [5.41, 5.74) is 11.7.